The van der Waals surface area contributed by atoms with Crippen LogP contribution < -0.4 is 10.6 Å². The van der Waals surface area contributed by atoms with E-state index in [1.54, 1.807) is 25.3 Å². The van der Waals surface area contributed by atoms with Gasteiger partial charge in [-0.1, -0.05) is 0 Å². The van der Waals surface area contributed by atoms with Crippen LogP contribution in [0.15, 0.2) is 30.5 Å². The van der Waals surface area contributed by atoms with Crippen molar-refractivity contribution in [2.45, 2.75) is 25.9 Å². The highest BCUT2D eigenvalue weighted by Gasteiger charge is 2.15. The summed E-state index contributed by atoms with van der Waals surface area (Å²) in [5, 5.41) is 14.2. The molecule has 0 amide bonds. The molecule has 1 aromatic heterocycles. The highest BCUT2D eigenvalue weighted by atomic mass is 16.5. The molecule has 1 aliphatic heterocycles. The van der Waals surface area contributed by atoms with E-state index in [-0.39, 0.29) is 11.9 Å². The number of rotatable bonds is 6. The predicted molar refractivity (Wildman–Crippen MR) is 87.0 cm³/mol. The Balaban J connectivity index is 1.61. The number of ketones is 1. The SMILES string of the molecule is CC(=O)c1ccc(Nc2nncc(NCC3CCCO3)n2)cc1. The maximum atomic E-state index is 11.3. The van der Waals surface area contributed by atoms with Gasteiger partial charge in [0.05, 0.1) is 12.3 Å². The van der Waals surface area contributed by atoms with Crippen molar-refractivity contribution < 1.29 is 9.53 Å². The summed E-state index contributed by atoms with van der Waals surface area (Å²) in [7, 11) is 0. The standard InChI is InChI=1S/C16H19N5O2/c1-11(22)12-4-6-13(7-5-12)19-16-20-15(10-18-21-16)17-9-14-3-2-8-23-14/h4-7,10,14H,2-3,8-9H2,1H3,(H2,17,19,20,21). The molecular formula is C16H19N5O2. The quantitative estimate of drug-likeness (QED) is 0.792. The molecule has 1 saturated heterocycles. The van der Waals surface area contributed by atoms with Gasteiger partial charge in [-0.25, -0.2) is 0 Å². The maximum absolute atomic E-state index is 11.3. The number of nitrogens with one attached hydrogen (secondary N) is 2. The summed E-state index contributed by atoms with van der Waals surface area (Å²) in [6.45, 7) is 3.08. The number of carbonyl (C=O) groups is 1. The van der Waals surface area contributed by atoms with Crippen molar-refractivity contribution >= 4 is 23.2 Å². The maximum Gasteiger partial charge on any atom is 0.249 e. The summed E-state index contributed by atoms with van der Waals surface area (Å²) in [6.07, 6.45) is 4.00. The van der Waals surface area contributed by atoms with Crippen LogP contribution in [0.4, 0.5) is 17.5 Å². The Morgan fingerprint density at radius 2 is 2.17 bits per heavy atom. The third-order valence-corrected chi connectivity index (χ3v) is 3.64. The summed E-state index contributed by atoms with van der Waals surface area (Å²) >= 11 is 0. The van der Waals surface area contributed by atoms with Crippen LogP contribution in [0, 0.1) is 0 Å². The second kappa shape index (κ2) is 7.15. The Morgan fingerprint density at radius 1 is 1.35 bits per heavy atom. The van der Waals surface area contributed by atoms with Crippen LogP contribution in [0.3, 0.4) is 0 Å². The third kappa shape index (κ3) is 4.23. The van der Waals surface area contributed by atoms with E-state index in [2.05, 4.69) is 25.8 Å². The topological polar surface area (TPSA) is 89.0 Å². The number of ether oxygens (including phenoxy) is 1. The van der Waals surface area contributed by atoms with Crippen molar-refractivity contribution in [1.82, 2.24) is 15.2 Å². The molecule has 2 heterocycles. The van der Waals surface area contributed by atoms with Crippen LogP contribution in [0.1, 0.15) is 30.1 Å². The van der Waals surface area contributed by atoms with E-state index in [9.17, 15) is 4.79 Å². The Morgan fingerprint density at radius 3 is 2.87 bits per heavy atom. The summed E-state index contributed by atoms with van der Waals surface area (Å²) in [6, 6.07) is 7.15. The zero-order chi connectivity index (χ0) is 16.1. The van der Waals surface area contributed by atoms with Crippen LogP contribution in [-0.4, -0.2) is 40.2 Å². The predicted octanol–water partition coefficient (Wildman–Crippen LogP) is 2.41. The lowest BCUT2D eigenvalue weighted by Crippen LogP contribution is -2.19. The fraction of sp³-hybridized carbons (Fsp3) is 0.375. The lowest BCUT2D eigenvalue weighted by Gasteiger charge is -2.11. The average molecular weight is 313 g/mol. The van der Waals surface area contributed by atoms with E-state index in [1.807, 2.05) is 12.1 Å². The molecule has 0 bridgehead atoms. The molecule has 2 aromatic rings. The lowest BCUT2D eigenvalue weighted by molar-refractivity contribution is 0.101. The molecule has 7 heteroatoms. The number of nitrogens with zero attached hydrogens (tertiary/aromatic N) is 3. The molecule has 1 atom stereocenters. The van der Waals surface area contributed by atoms with Gasteiger partial charge in [-0.2, -0.15) is 10.1 Å². The summed E-state index contributed by atoms with van der Waals surface area (Å²) < 4.78 is 5.56. The van der Waals surface area contributed by atoms with Gasteiger partial charge in [0.25, 0.3) is 0 Å². The molecule has 1 unspecified atom stereocenters. The van der Waals surface area contributed by atoms with Gasteiger partial charge in [-0.3, -0.25) is 4.79 Å². The van der Waals surface area contributed by atoms with Gasteiger partial charge >= 0.3 is 0 Å². The minimum Gasteiger partial charge on any atom is -0.376 e. The molecule has 0 radical (unpaired) electrons. The molecule has 120 valence electrons. The minimum absolute atomic E-state index is 0.0368. The first-order valence-corrected chi connectivity index (χ1v) is 7.64. The van der Waals surface area contributed by atoms with Gasteiger partial charge in [0.2, 0.25) is 5.95 Å². The van der Waals surface area contributed by atoms with Crippen LogP contribution in [0.5, 0.6) is 0 Å². The van der Waals surface area contributed by atoms with Crippen molar-refractivity contribution in [3.63, 3.8) is 0 Å². The van der Waals surface area contributed by atoms with E-state index in [0.717, 1.165) is 25.1 Å². The van der Waals surface area contributed by atoms with Gasteiger partial charge in [-0.15, -0.1) is 5.10 Å². The highest BCUT2D eigenvalue weighted by Crippen LogP contribution is 2.16. The smallest absolute Gasteiger partial charge is 0.249 e. The van der Waals surface area contributed by atoms with E-state index in [0.29, 0.717) is 23.9 Å². The first kappa shape index (κ1) is 15.4. The van der Waals surface area contributed by atoms with E-state index in [4.69, 9.17) is 4.74 Å². The second-order valence-electron chi connectivity index (χ2n) is 5.44. The summed E-state index contributed by atoms with van der Waals surface area (Å²) in [4.78, 5) is 15.6. The van der Waals surface area contributed by atoms with Crippen LogP contribution in [0.25, 0.3) is 0 Å². The molecule has 7 nitrogen and oxygen atoms in total. The fourth-order valence-electron chi connectivity index (χ4n) is 2.38. The largest absolute Gasteiger partial charge is 0.376 e. The summed E-state index contributed by atoms with van der Waals surface area (Å²) in [5.41, 5.74) is 1.47. The van der Waals surface area contributed by atoms with Gasteiger partial charge in [0.1, 0.15) is 0 Å². The van der Waals surface area contributed by atoms with Crippen molar-refractivity contribution in [2.75, 3.05) is 23.8 Å². The molecule has 0 saturated carbocycles. The van der Waals surface area contributed by atoms with Crippen LogP contribution in [0.2, 0.25) is 0 Å². The van der Waals surface area contributed by atoms with Crippen molar-refractivity contribution in [2.24, 2.45) is 0 Å². The Labute approximate surface area is 134 Å². The number of carbonyl (C=O) groups excluding carboxylic acids is 1. The molecule has 2 N–H and O–H groups in total. The monoisotopic (exact) mass is 313 g/mol. The Bertz CT molecular complexity index is 668. The van der Waals surface area contributed by atoms with Crippen LogP contribution in [-0.2, 0) is 4.74 Å². The molecule has 0 aliphatic carbocycles. The third-order valence-electron chi connectivity index (χ3n) is 3.64. The molecular weight excluding hydrogens is 294 g/mol. The second-order valence-corrected chi connectivity index (χ2v) is 5.44. The Hall–Kier alpha value is -2.54. The zero-order valence-electron chi connectivity index (χ0n) is 13.0. The van der Waals surface area contributed by atoms with Gasteiger partial charge in [0.15, 0.2) is 11.6 Å². The molecule has 0 spiro atoms. The van der Waals surface area contributed by atoms with Crippen molar-refractivity contribution in [1.29, 1.82) is 0 Å². The van der Waals surface area contributed by atoms with Gasteiger partial charge in [-0.05, 0) is 44.0 Å². The molecule has 3 rings (SSSR count). The first-order chi connectivity index (χ1) is 11.2. The number of benzene rings is 1. The van der Waals surface area contributed by atoms with E-state index >= 15 is 0 Å². The molecule has 1 fully saturated rings. The van der Waals surface area contributed by atoms with E-state index in [1.165, 1.54) is 0 Å². The normalized spacial score (nSPS) is 17.0. The number of hydrogen-bond donors (Lipinski definition) is 2. The molecule has 23 heavy (non-hydrogen) atoms. The number of Topliss-reactive ketones (excluding diaryl/α,β-unsaturated/α-hetero) is 1. The highest BCUT2D eigenvalue weighted by molar-refractivity contribution is 5.94. The molecule has 1 aromatic carbocycles. The summed E-state index contributed by atoms with van der Waals surface area (Å²) in [5.74, 6) is 1.09. The number of aromatic nitrogens is 3. The lowest BCUT2D eigenvalue weighted by atomic mass is 10.1. The van der Waals surface area contributed by atoms with Crippen molar-refractivity contribution in [3.8, 4) is 0 Å². The van der Waals surface area contributed by atoms with Gasteiger partial charge < -0.3 is 15.4 Å². The minimum atomic E-state index is 0.0368. The fourth-order valence-corrected chi connectivity index (χ4v) is 2.38. The van der Waals surface area contributed by atoms with E-state index < -0.39 is 0 Å². The van der Waals surface area contributed by atoms with Crippen molar-refractivity contribution in [3.05, 3.63) is 36.0 Å². The van der Waals surface area contributed by atoms with Gasteiger partial charge in [0, 0.05) is 24.4 Å². The zero-order valence-corrected chi connectivity index (χ0v) is 13.0. The Kier molecular flexibility index (Phi) is 4.77. The number of anilines is 3. The molecule has 1 aliphatic rings. The number of hydrogen-bond acceptors (Lipinski definition) is 7. The first-order valence-electron chi connectivity index (χ1n) is 7.64. The average Bonchev–Trinajstić information content (AvgIpc) is 3.07. The van der Waals surface area contributed by atoms with Crippen LogP contribution >= 0.6 is 0 Å².